The fourth-order valence-corrected chi connectivity index (χ4v) is 4.54. The minimum absolute atomic E-state index is 0. The van der Waals surface area contributed by atoms with Crippen LogP contribution in [0, 0.1) is 16.0 Å². The van der Waals surface area contributed by atoms with Gasteiger partial charge >= 0.3 is 6.18 Å². The first-order valence-electron chi connectivity index (χ1n) is 7.64. The number of nitrogens with two attached hydrogens (primary N) is 1. The first kappa shape index (κ1) is 22.6. The lowest BCUT2D eigenvalue weighted by Crippen LogP contribution is -2.45. The van der Waals surface area contributed by atoms with Crippen LogP contribution in [0.1, 0.15) is 31.2 Å². The highest BCUT2D eigenvalue weighted by Crippen LogP contribution is 2.37. The summed E-state index contributed by atoms with van der Waals surface area (Å²) >= 11 is 0. The summed E-state index contributed by atoms with van der Waals surface area (Å²) < 4.78 is 66.9. The SMILES string of the molecule is Cl.NCC1CCCCC1NS(=O)(=O)c1ccc([N+](=O)[O-])cc1C(F)(F)F. The normalized spacial score (nSPS) is 21.1. The summed E-state index contributed by atoms with van der Waals surface area (Å²) in [5, 5.41) is 10.7. The summed E-state index contributed by atoms with van der Waals surface area (Å²) in [6, 6.07) is 1.03. The maximum Gasteiger partial charge on any atom is 0.417 e. The molecule has 1 aliphatic rings. The van der Waals surface area contributed by atoms with Crippen LogP contribution < -0.4 is 10.5 Å². The highest BCUT2D eigenvalue weighted by atomic mass is 35.5. The second kappa shape index (κ2) is 8.51. The zero-order valence-electron chi connectivity index (χ0n) is 13.5. The lowest BCUT2D eigenvalue weighted by atomic mass is 9.85. The number of halogens is 4. The molecule has 0 aliphatic heterocycles. The number of alkyl halides is 3. The van der Waals surface area contributed by atoms with Gasteiger partial charge in [-0.15, -0.1) is 12.4 Å². The van der Waals surface area contributed by atoms with Crippen molar-refractivity contribution in [1.82, 2.24) is 4.72 Å². The van der Waals surface area contributed by atoms with Crippen LogP contribution in [-0.2, 0) is 16.2 Å². The van der Waals surface area contributed by atoms with Crippen molar-refractivity contribution in [2.45, 2.75) is 42.8 Å². The first-order valence-corrected chi connectivity index (χ1v) is 9.12. The molecule has 26 heavy (non-hydrogen) atoms. The van der Waals surface area contributed by atoms with Gasteiger partial charge in [0.2, 0.25) is 10.0 Å². The molecule has 12 heteroatoms. The molecule has 1 aliphatic carbocycles. The number of rotatable bonds is 5. The van der Waals surface area contributed by atoms with Gasteiger partial charge in [0.05, 0.1) is 15.4 Å². The summed E-state index contributed by atoms with van der Waals surface area (Å²) in [7, 11) is -4.51. The van der Waals surface area contributed by atoms with Crippen molar-refractivity contribution in [1.29, 1.82) is 0 Å². The van der Waals surface area contributed by atoms with E-state index in [9.17, 15) is 31.7 Å². The topological polar surface area (TPSA) is 115 Å². The molecule has 0 radical (unpaired) electrons. The number of hydrogen-bond donors (Lipinski definition) is 2. The third kappa shape index (κ3) is 5.06. The van der Waals surface area contributed by atoms with Crippen LogP contribution in [0.3, 0.4) is 0 Å². The maximum atomic E-state index is 13.2. The molecule has 1 fully saturated rings. The molecule has 7 nitrogen and oxygen atoms in total. The van der Waals surface area contributed by atoms with Crippen molar-refractivity contribution in [3.63, 3.8) is 0 Å². The Hall–Kier alpha value is -1.43. The zero-order chi connectivity index (χ0) is 18.8. The minimum atomic E-state index is -5.05. The average Bonchev–Trinajstić information content (AvgIpc) is 2.53. The van der Waals surface area contributed by atoms with Gasteiger partial charge in [-0.3, -0.25) is 10.1 Å². The third-order valence-corrected chi connectivity index (χ3v) is 5.84. The Balaban J connectivity index is 0.00000338. The molecule has 0 amide bonds. The molecule has 0 bridgehead atoms. The Labute approximate surface area is 154 Å². The fourth-order valence-electron chi connectivity index (χ4n) is 3.00. The van der Waals surface area contributed by atoms with Crippen molar-refractivity contribution in [3.8, 4) is 0 Å². The number of benzene rings is 1. The largest absolute Gasteiger partial charge is 0.417 e. The Morgan fingerprint density at radius 2 is 1.88 bits per heavy atom. The Kier molecular flexibility index (Phi) is 7.40. The predicted molar refractivity (Wildman–Crippen MR) is 90.5 cm³/mol. The molecule has 0 saturated heterocycles. The lowest BCUT2D eigenvalue weighted by Gasteiger charge is -2.31. The van der Waals surface area contributed by atoms with Crippen molar-refractivity contribution in [3.05, 3.63) is 33.9 Å². The van der Waals surface area contributed by atoms with Gasteiger partial charge in [0, 0.05) is 18.2 Å². The minimum Gasteiger partial charge on any atom is -0.330 e. The van der Waals surface area contributed by atoms with Gasteiger partial charge in [-0.25, -0.2) is 13.1 Å². The van der Waals surface area contributed by atoms with Gasteiger partial charge in [0.25, 0.3) is 5.69 Å². The van der Waals surface area contributed by atoms with Crippen LogP contribution in [0.2, 0.25) is 0 Å². The number of nitro groups is 1. The smallest absolute Gasteiger partial charge is 0.330 e. The number of non-ortho nitro benzene ring substituents is 1. The summed E-state index contributed by atoms with van der Waals surface area (Å²) in [5.41, 5.74) is 3.22. The van der Waals surface area contributed by atoms with E-state index in [1.54, 1.807) is 0 Å². The van der Waals surface area contributed by atoms with Crippen LogP contribution >= 0.6 is 12.4 Å². The van der Waals surface area contributed by atoms with E-state index in [-0.39, 0.29) is 30.9 Å². The van der Waals surface area contributed by atoms with Crippen LogP contribution in [0.5, 0.6) is 0 Å². The van der Waals surface area contributed by atoms with E-state index in [0.29, 0.717) is 18.9 Å². The summed E-state index contributed by atoms with van der Waals surface area (Å²) in [4.78, 5) is 8.67. The molecule has 0 aromatic heterocycles. The van der Waals surface area contributed by atoms with Gasteiger partial charge < -0.3 is 5.73 Å². The van der Waals surface area contributed by atoms with Crippen molar-refractivity contribution >= 4 is 28.1 Å². The predicted octanol–water partition coefficient (Wildman–Crippen LogP) is 2.83. The van der Waals surface area contributed by atoms with E-state index in [1.807, 2.05) is 0 Å². The van der Waals surface area contributed by atoms with E-state index in [4.69, 9.17) is 5.73 Å². The van der Waals surface area contributed by atoms with Crippen LogP contribution in [0.4, 0.5) is 18.9 Å². The molecular formula is C14H19ClF3N3O4S. The quantitative estimate of drug-likeness (QED) is 0.564. The van der Waals surface area contributed by atoms with Crippen molar-refractivity contribution in [2.75, 3.05) is 6.54 Å². The third-order valence-electron chi connectivity index (χ3n) is 4.29. The standard InChI is InChI=1S/C14H18F3N3O4S.ClH/c15-14(16,17)11-7-10(20(21)22)5-6-13(11)25(23,24)19-12-4-2-1-3-9(12)8-18;/h5-7,9,12,19H,1-4,8,18H2;1H. The van der Waals surface area contributed by atoms with E-state index in [0.717, 1.165) is 18.9 Å². The lowest BCUT2D eigenvalue weighted by molar-refractivity contribution is -0.385. The Bertz CT molecular complexity index is 758. The van der Waals surface area contributed by atoms with Crippen LogP contribution in [-0.4, -0.2) is 25.9 Å². The van der Waals surface area contributed by atoms with Gasteiger partial charge in [0.15, 0.2) is 0 Å². The molecule has 0 spiro atoms. The molecule has 2 unspecified atom stereocenters. The second-order valence-electron chi connectivity index (χ2n) is 5.94. The molecule has 3 N–H and O–H groups in total. The van der Waals surface area contributed by atoms with E-state index in [2.05, 4.69) is 4.72 Å². The fraction of sp³-hybridized carbons (Fsp3) is 0.571. The van der Waals surface area contributed by atoms with Crippen molar-refractivity contribution < 1.29 is 26.5 Å². The Morgan fingerprint density at radius 3 is 2.42 bits per heavy atom. The molecule has 1 aromatic rings. The van der Waals surface area contributed by atoms with Crippen LogP contribution in [0.15, 0.2) is 23.1 Å². The summed E-state index contributed by atoms with van der Waals surface area (Å²) in [6.45, 7) is 0.222. The maximum absolute atomic E-state index is 13.2. The molecule has 1 aromatic carbocycles. The number of sulfonamides is 1. The highest BCUT2D eigenvalue weighted by molar-refractivity contribution is 7.89. The van der Waals surface area contributed by atoms with Crippen LogP contribution in [0.25, 0.3) is 0 Å². The monoisotopic (exact) mass is 417 g/mol. The molecule has 1 saturated carbocycles. The number of nitrogens with one attached hydrogen (secondary N) is 1. The molecular weight excluding hydrogens is 399 g/mol. The summed E-state index contributed by atoms with van der Waals surface area (Å²) in [6.07, 6.45) is -2.25. The summed E-state index contributed by atoms with van der Waals surface area (Å²) in [5.74, 6) is -0.157. The highest BCUT2D eigenvalue weighted by Gasteiger charge is 2.40. The van der Waals surface area contributed by atoms with Gasteiger partial charge in [-0.2, -0.15) is 13.2 Å². The van der Waals surface area contributed by atoms with E-state index in [1.165, 1.54) is 0 Å². The number of hydrogen-bond acceptors (Lipinski definition) is 5. The van der Waals surface area contributed by atoms with E-state index >= 15 is 0 Å². The molecule has 148 valence electrons. The van der Waals surface area contributed by atoms with Gasteiger partial charge in [0.1, 0.15) is 0 Å². The molecule has 2 rings (SSSR count). The number of nitro benzene ring substituents is 1. The number of nitrogens with zero attached hydrogens (tertiary/aromatic N) is 1. The van der Waals surface area contributed by atoms with Gasteiger partial charge in [-0.05, 0) is 31.4 Å². The average molecular weight is 418 g/mol. The zero-order valence-corrected chi connectivity index (χ0v) is 15.2. The van der Waals surface area contributed by atoms with Gasteiger partial charge in [-0.1, -0.05) is 12.8 Å². The van der Waals surface area contributed by atoms with Crippen molar-refractivity contribution in [2.24, 2.45) is 11.7 Å². The second-order valence-corrected chi connectivity index (χ2v) is 7.63. The molecule has 0 heterocycles. The van der Waals surface area contributed by atoms with E-state index < -0.39 is 43.3 Å². The first-order chi connectivity index (χ1) is 11.6. The Morgan fingerprint density at radius 1 is 1.27 bits per heavy atom. The molecule has 2 atom stereocenters.